The highest BCUT2D eigenvalue weighted by atomic mass is 16.5. The minimum atomic E-state index is -0.668. The van der Waals surface area contributed by atoms with E-state index in [9.17, 15) is 10.2 Å². The Morgan fingerprint density at radius 2 is 1.00 bits per heavy atom. The Kier molecular flexibility index (Phi) is 15.1. The standard InChI is InChI=1S/C48H68N2O4/c1-12-35-25-33(24-34-27-37(14-3)46(50-32(5)6)38(15-4)28-34)26-36(13-2)45(35)49-29-41(51)30-53-42-20-16-39(17-21-42)48(10,11)40-18-22-43(23-19-40)54-31-44(52)47(7,8)9/h16-23,25-28,32,41,44,49-52H,12-15,24,29-31H2,1-11H3. The summed E-state index contributed by atoms with van der Waals surface area (Å²) in [7, 11) is 0. The van der Waals surface area contributed by atoms with Gasteiger partial charge in [0.05, 0.1) is 6.10 Å². The van der Waals surface area contributed by atoms with Gasteiger partial charge in [0.15, 0.2) is 0 Å². The number of rotatable bonds is 19. The molecule has 0 aliphatic rings. The van der Waals surface area contributed by atoms with Crippen LogP contribution in [0.25, 0.3) is 0 Å². The van der Waals surface area contributed by atoms with Gasteiger partial charge < -0.3 is 30.3 Å². The Bertz CT molecular complexity index is 1720. The molecule has 6 nitrogen and oxygen atoms in total. The van der Waals surface area contributed by atoms with Gasteiger partial charge >= 0.3 is 0 Å². The van der Waals surface area contributed by atoms with E-state index >= 15 is 0 Å². The van der Waals surface area contributed by atoms with Gasteiger partial charge in [-0.3, -0.25) is 0 Å². The van der Waals surface area contributed by atoms with Gasteiger partial charge in [0.1, 0.15) is 30.8 Å². The lowest BCUT2D eigenvalue weighted by molar-refractivity contribution is 0.0218. The molecule has 4 aromatic carbocycles. The molecule has 4 N–H and O–H groups in total. The number of hydrogen-bond donors (Lipinski definition) is 4. The molecule has 0 saturated heterocycles. The molecule has 0 spiro atoms. The van der Waals surface area contributed by atoms with Gasteiger partial charge in [-0.05, 0) is 120 Å². The molecule has 4 aromatic rings. The van der Waals surface area contributed by atoms with E-state index in [1.807, 2.05) is 45.0 Å². The van der Waals surface area contributed by atoms with Crippen LogP contribution in [0.5, 0.6) is 11.5 Å². The molecule has 0 aliphatic carbocycles. The van der Waals surface area contributed by atoms with Gasteiger partial charge in [0.25, 0.3) is 0 Å². The van der Waals surface area contributed by atoms with Crippen LogP contribution in [0.3, 0.4) is 0 Å². The monoisotopic (exact) mass is 737 g/mol. The van der Waals surface area contributed by atoms with Gasteiger partial charge in [0, 0.05) is 29.4 Å². The largest absolute Gasteiger partial charge is 0.491 e. The zero-order chi connectivity index (χ0) is 39.6. The molecule has 0 aromatic heterocycles. The predicted molar refractivity (Wildman–Crippen MR) is 228 cm³/mol. The third kappa shape index (κ3) is 11.3. The number of anilines is 2. The van der Waals surface area contributed by atoms with Crippen molar-refractivity contribution in [2.24, 2.45) is 5.41 Å². The average Bonchev–Trinajstić information content (AvgIpc) is 3.15. The molecule has 2 unspecified atom stereocenters. The van der Waals surface area contributed by atoms with Crippen LogP contribution in [0, 0.1) is 5.41 Å². The van der Waals surface area contributed by atoms with Crippen molar-refractivity contribution in [2.75, 3.05) is 30.4 Å². The number of aliphatic hydroxyl groups is 2. The van der Waals surface area contributed by atoms with Crippen molar-refractivity contribution in [3.8, 4) is 11.5 Å². The first-order valence-electron chi connectivity index (χ1n) is 20.2. The number of nitrogens with one attached hydrogen (secondary N) is 2. The second kappa shape index (κ2) is 19.0. The quantitative estimate of drug-likeness (QED) is 0.0767. The zero-order valence-corrected chi connectivity index (χ0v) is 35.0. The van der Waals surface area contributed by atoms with Gasteiger partial charge in [-0.15, -0.1) is 0 Å². The van der Waals surface area contributed by atoms with E-state index in [-0.39, 0.29) is 24.0 Å². The Hall–Kier alpha value is -4.00. The van der Waals surface area contributed by atoms with Gasteiger partial charge in [-0.2, -0.15) is 0 Å². The van der Waals surface area contributed by atoms with Gasteiger partial charge in [-0.1, -0.05) is 111 Å². The third-order valence-electron chi connectivity index (χ3n) is 10.6. The molecule has 6 heteroatoms. The fourth-order valence-corrected chi connectivity index (χ4v) is 6.93. The Balaban J connectivity index is 1.35. The van der Waals surface area contributed by atoms with Crippen molar-refractivity contribution in [1.29, 1.82) is 0 Å². The van der Waals surface area contributed by atoms with Crippen LogP contribution in [0.2, 0.25) is 0 Å². The van der Waals surface area contributed by atoms with Crippen LogP contribution in [0.15, 0.2) is 72.8 Å². The van der Waals surface area contributed by atoms with Crippen molar-refractivity contribution in [2.45, 2.75) is 132 Å². The molecule has 0 saturated carbocycles. The van der Waals surface area contributed by atoms with Crippen LogP contribution < -0.4 is 20.1 Å². The summed E-state index contributed by atoms with van der Waals surface area (Å²) in [6.07, 6.45) is 3.53. The number of ether oxygens (including phenoxy) is 2. The molecule has 0 aliphatic heterocycles. The van der Waals surface area contributed by atoms with Crippen LogP contribution in [-0.2, 0) is 37.5 Å². The van der Waals surface area contributed by atoms with Crippen LogP contribution in [0.4, 0.5) is 11.4 Å². The fourth-order valence-electron chi connectivity index (χ4n) is 6.93. The van der Waals surface area contributed by atoms with Crippen molar-refractivity contribution in [3.05, 3.63) is 117 Å². The summed E-state index contributed by atoms with van der Waals surface area (Å²) in [5, 5.41) is 28.6. The van der Waals surface area contributed by atoms with Gasteiger partial charge in [0.2, 0.25) is 0 Å². The minimum Gasteiger partial charge on any atom is -0.491 e. The summed E-state index contributed by atoms with van der Waals surface area (Å²) < 4.78 is 11.9. The molecule has 54 heavy (non-hydrogen) atoms. The summed E-state index contributed by atoms with van der Waals surface area (Å²) in [5.74, 6) is 1.48. The summed E-state index contributed by atoms with van der Waals surface area (Å²) >= 11 is 0. The summed E-state index contributed by atoms with van der Waals surface area (Å²) in [4.78, 5) is 0. The van der Waals surface area contributed by atoms with Crippen LogP contribution >= 0.6 is 0 Å². The molecule has 0 amide bonds. The molecule has 0 heterocycles. The highest BCUT2D eigenvalue weighted by molar-refractivity contribution is 5.62. The van der Waals surface area contributed by atoms with E-state index in [0.29, 0.717) is 12.6 Å². The van der Waals surface area contributed by atoms with E-state index in [0.717, 1.165) is 60.4 Å². The zero-order valence-electron chi connectivity index (χ0n) is 35.0. The number of aryl methyl sites for hydroxylation is 4. The second-order valence-electron chi connectivity index (χ2n) is 16.7. The highest BCUT2D eigenvalue weighted by Gasteiger charge is 2.25. The topological polar surface area (TPSA) is 83.0 Å². The first-order valence-corrected chi connectivity index (χ1v) is 20.2. The first kappa shape index (κ1) is 42.7. The van der Waals surface area contributed by atoms with Crippen molar-refractivity contribution in [3.63, 3.8) is 0 Å². The van der Waals surface area contributed by atoms with Crippen molar-refractivity contribution in [1.82, 2.24) is 0 Å². The molecule has 0 bridgehead atoms. The van der Waals surface area contributed by atoms with Crippen molar-refractivity contribution < 1.29 is 19.7 Å². The minimum absolute atomic E-state index is 0.198. The Morgan fingerprint density at radius 1 is 0.593 bits per heavy atom. The number of aliphatic hydroxyl groups excluding tert-OH is 2. The lowest BCUT2D eigenvalue weighted by atomic mass is 9.78. The predicted octanol–water partition coefficient (Wildman–Crippen LogP) is 10.3. The molecule has 4 rings (SSSR count). The van der Waals surface area contributed by atoms with E-state index < -0.39 is 12.2 Å². The molecule has 0 radical (unpaired) electrons. The highest BCUT2D eigenvalue weighted by Crippen LogP contribution is 2.34. The summed E-state index contributed by atoms with van der Waals surface area (Å²) in [6.45, 7) is 24.6. The maximum absolute atomic E-state index is 11.0. The van der Waals surface area contributed by atoms with Crippen molar-refractivity contribution >= 4 is 11.4 Å². The molecule has 0 fully saturated rings. The van der Waals surface area contributed by atoms with Crippen LogP contribution in [-0.4, -0.2) is 48.2 Å². The lowest BCUT2D eigenvalue weighted by Crippen LogP contribution is -2.31. The Labute approximate surface area is 326 Å². The summed E-state index contributed by atoms with van der Waals surface area (Å²) in [5.41, 5.74) is 12.3. The molecule has 294 valence electrons. The Morgan fingerprint density at radius 3 is 1.39 bits per heavy atom. The average molecular weight is 737 g/mol. The lowest BCUT2D eigenvalue weighted by Gasteiger charge is -2.27. The second-order valence-corrected chi connectivity index (χ2v) is 16.7. The SMILES string of the molecule is CCc1cc(Cc2cc(CC)c(NC(C)C)c(CC)c2)cc(CC)c1NCC(O)COc1ccc(C(C)(C)c2ccc(OCC(O)C(C)(C)C)cc2)cc1. The smallest absolute Gasteiger partial charge is 0.119 e. The maximum Gasteiger partial charge on any atom is 0.119 e. The number of benzene rings is 4. The van der Waals surface area contributed by atoms with E-state index in [1.165, 1.54) is 39.1 Å². The molecule has 2 atom stereocenters. The van der Waals surface area contributed by atoms with Gasteiger partial charge in [-0.25, -0.2) is 0 Å². The maximum atomic E-state index is 11.0. The molecular weight excluding hydrogens is 669 g/mol. The summed E-state index contributed by atoms with van der Waals surface area (Å²) in [6, 6.07) is 26.1. The molecular formula is C48H68N2O4. The fraction of sp³-hybridized carbons (Fsp3) is 0.500. The van der Waals surface area contributed by atoms with Crippen LogP contribution in [0.1, 0.15) is 121 Å². The normalized spacial score (nSPS) is 13.1. The third-order valence-corrected chi connectivity index (χ3v) is 10.6. The van der Waals surface area contributed by atoms with E-state index in [1.54, 1.807) is 0 Å². The van der Waals surface area contributed by atoms with E-state index in [4.69, 9.17) is 9.47 Å². The van der Waals surface area contributed by atoms with E-state index in [2.05, 4.69) is 115 Å². The number of hydrogen-bond acceptors (Lipinski definition) is 6. The first-order chi connectivity index (χ1) is 25.6.